The van der Waals surface area contributed by atoms with Crippen molar-refractivity contribution in [3.63, 3.8) is 0 Å². The summed E-state index contributed by atoms with van der Waals surface area (Å²) in [7, 11) is 1.25. The van der Waals surface area contributed by atoms with E-state index < -0.39 is 40.8 Å². The third-order valence-electron chi connectivity index (χ3n) is 8.91. The van der Waals surface area contributed by atoms with E-state index in [4.69, 9.17) is 9.84 Å². The number of methoxy groups -OCH3 is 1. The second-order valence-electron chi connectivity index (χ2n) is 13.0. The molecule has 262 valence electrons. The maximum atomic E-state index is 14.4. The van der Waals surface area contributed by atoms with Gasteiger partial charge in [-0.05, 0) is 77.8 Å². The van der Waals surface area contributed by atoms with Crippen molar-refractivity contribution in [1.82, 2.24) is 4.98 Å². The smallest absolute Gasteiger partial charge is 0.417 e. The van der Waals surface area contributed by atoms with Crippen molar-refractivity contribution in [3.05, 3.63) is 82.0 Å². The van der Waals surface area contributed by atoms with Crippen LogP contribution in [0.3, 0.4) is 0 Å². The number of benzene rings is 3. The van der Waals surface area contributed by atoms with Gasteiger partial charge in [-0.1, -0.05) is 45.0 Å². The number of alkyl halides is 6. The van der Waals surface area contributed by atoms with Crippen molar-refractivity contribution in [1.29, 1.82) is 0 Å². The average molecular weight is 727 g/mol. The van der Waals surface area contributed by atoms with E-state index in [0.29, 0.717) is 11.5 Å². The number of anilines is 1. The molecular weight excluding hydrogens is 694 g/mol. The first kappa shape index (κ1) is 36.5. The Morgan fingerprint density at radius 1 is 0.918 bits per heavy atom. The normalized spacial score (nSPS) is 17.2. The molecule has 4 aromatic rings. The fraction of sp³-hybridized carbons (Fsp3) is 0.371. The average Bonchev–Trinajstić information content (AvgIpc) is 3.51. The van der Waals surface area contributed by atoms with Crippen LogP contribution in [-0.2, 0) is 12.4 Å². The quantitative estimate of drug-likeness (QED) is 0.139. The molecule has 1 aliphatic rings. The molecule has 1 saturated carbocycles. The number of nitrogens with one attached hydrogen (secondary N) is 1. The van der Waals surface area contributed by atoms with E-state index in [2.05, 4.69) is 30.5 Å². The van der Waals surface area contributed by atoms with Crippen LogP contribution in [0.1, 0.15) is 79.4 Å². The van der Waals surface area contributed by atoms with Gasteiger partial charge in [0.25, 0.3) is 0 Å². The van der Waals surface area contributed by atoms with Gasteiger partial charge in [-0.25, -0.2) is 14.2 Å². The van der Waals surface area contributed by atoms with Crippen molar-refractivity contribution in [2.24, 2.45) is 11.3 Å². The summed E-state index contributed by atoms with van der Waals surface area (Å²) in [6, 6.07) is 8.91. The number of hydrogen-bond donors (Lipinski definition) is 2. The molecule has 0 bridgehead atoms. The number of ether oxygens (including phenoxy) is 1. The highest BCUT2D eigenvalue weighted by atomic mass is 32.2. The minimum absolute atomic E-state index is 0.0101. The van der Waals surface area contributed by atoms with Gasteiger partial charge in [0.2, 0.25) is 0 Å². The summed E-state index contributed by atoms with van der Waals surface area (Å²) >= 11 is 1.70. The molecule has 0 saturated heterocycles. The third-order valence-corrected chi connectivity index (χ3v) is 10.7. The molecule has 49 heavy (non-hydrogen) atoms. The highest BCUT2D eigenvalue weighted by Crippen LogP contribution is 2.47. The fourth-order valence-electron chi connectivity index (χ4n) is 6.23. The monoisotopic (exact) mass is 726 g/mol. The van der Waals surface area contributed by atoms with Gasteiger partial charge in [0, 0.05) is 29.0 Å². The maximum absolute atomic E-state index is 14.4. The standard InChI is InChI=1S/C35H33F7N2O3S2/c1-33(2,3)21-9-5-18(6-10-21)19-7-11-22(25(13-19)34(37,38)39)20-8-12-23(26(14-20)35(40,41)42)31-43-30(17-48-31)49-44-28-16-27(36)24(32(45)46)15-29(28)47-4/h7-8,11-18,21,44H,5-6,9-10H2,1-4H3,(H,45,46). The van der Waals surface area contributed by atoms with Gasteiger partial charge in [-0.2, -0.15) is 26.3 Å². The van der Waals surface area contributed by atoms with Crippen LogP contribution < -0.4 is 9.46 Å². The van der Waals surface area contributed by atoms with E-state index >= 15 is 0 Å². The summed E-state index contributed by atoms with van der Waals surface area (Å²) < 4.78 is 109. The molecule has 1 aromatic heterocycles. The van der Waals surface area contributed by atoms with E-state index in [1.54, 1.807) is 6.07 Å². The molecule has 0 radical (unpaired) electrons. The molecular formula is C35H33F7N2O3S2. The molecule has 0 spiro atoms. The van der Waals surface area contributed by atoms with Crippen LogP contribution >= 0.6 is 23.3 Å². The molecule has 0 atom stereocenters. The van der Waals surface area contributed by atoms with Gasteiger partial charge >= 0.3 is 18.3 Å². The minimum atomic E-state index is -4.91. The van der Waals surface area contributed by atoms with E-state index in [1.165, 1.54) is 24.6 Å². The van der Waals surface area contributed by atoms with Gasteiger partial charge < -0.3 is 14.6 Å². The Morgan fingerprint density at radius 2 is 1.55 bits per heavy atom. The van der Waals surface area contributed by atoms with Crippen molar-refractivity contribution in [2.75, 3.05) is 11.8 Å². The fourth-order valence-corrected chi connectivity index (χ4v) is 7.86. The predicted octanol–water partition coefficient (Wildman–Crippen LogP) is 11.8. The van der Waals surface area contributed by atoms with Crippen LogP contribution in [-0.4, -0.2) is 23.2 Å². The van der Waals surface area contributed by atoms with E-state index in [1.807, 2.05) is 0 Å². The van der Waals surface area contributed by atoms with Crippen LogP contribution in [0.5, 0.6) is 5.75 Å². The van der Waals surface area contributed by atoms with Crippen molar-refractivity contribution in [3.8, 4) is 27.4 Å². The molecule has 2 N–H and O–H groups in total. The zero-order valence-corrected chi connectivity index (χ0v) is 28.5. The number of hydrogen-bond acceptors (Lipinski definition) is 6. The van der Waals surface area contributed by atoms with Crippen LogP contribution in [0.2, 0.25) is 0 Å². The molecule has 5 rings (SSSR count). The molecule has 5 nitrogen and oxygen atoms in total. The predicted molar refractivity (Wildman–Crippen MR) is 177 cm³/mol. The Hall–Kier alpha value is -3.78. The lowest BCUT2D eigenvalue weighted by Crippen LogP contribution is -2.25. The zero-order valence-electron chi connectivity index (χ0n) is 26.9. The number of rotatable bonds is 8. The number of aromatic nitrogens is 1. The van der Waals surface area contributed by atoms with Gasteiger partial charge in [-0.3, -0.25) is 0 Å². The first-order valence-electron chi connectivity index (χ1n) is 15.3. The first-order valence-corrected chi connectivity index (χ1v) is 17.0. The summed E-state index contributed by atoms with van der Waals surface area (Å²) in [5.41, 5.74) is -2.90. The molecule has 0 unspecified atom stereocenters. The first-order chi connectivity index (χ1) is 22.9. The number of halogens is 7. The van der Waals surface area contributed by atoms with Gasteiger partial charge in [0.05, 0.1) is 29.5 Å². The van der Waals surface area contributed by atoms with E-state index in [9.17, 15) is 35.5 Å². The largest absolute Gasteiger partial charge is 0.495 e. The Bertz CT molecular complexity index is 1840. The molecule has 3 aromatic carbocycles. The number of aromatic carboxylic acids is 1. The summed E-state index contributed by atoms with van der Waals surface area (Å²) in [6.07, 6.45) is -6.42. The van der Waals surface area contributed by atoms with E-state index in [-0.39, 0.29) is 49.5 Å². The zero-order chi connectivity index (χ0) is 35.9. The summed E-state index contributed by atoms with van der Waals surface area (Å²) in [5, 5.41) is 10.7. The topological polar surface area (TPSA) is 71.5 Å². The van der Waals surface area contributed by atoms with Gasteiger partial charge in [0.15, 0.2) is 0 Å². The van der Waals surface area contributed by atoms with Crippen molar-refractivity contribution >= 4 is 34.9 Å². The lowest BCUT2D eigenvalue weighted by molar-refractivity contribution is -0.137. The van der Waals surface area contributed by atoms with Crippen LogP contribution in [0, 0.1) is 17.2 Å². The molecule has 0 amide bonds. The summed E-state index contributed by atoms with van der Waals surface area (Å²) in [4.78, 5) is 15.5. The highest BCUT2D eigenvalue weighted by Gasteiger charge is 2.38. The number of carbonyl (C=O) groups is 1. The van der Waals surface area contributed by atoms with Crippen LogP contribution in [0.15, 0.2) is 58.9 Å². The lowest BCUT2D eigenvalue weighted by Gasteiger charge is -2.37. The van der Waals surface area contributed by atoms with E-state index in [0.717, 1.165) is 79.3 Å². The number of carboxylic acids is 1. The lowest BCUT2D eigenvalue weighted by atomic mass is 9.68. The maximum Gasteiger partial charge on any atom is 0.417 e. The highest BCUT2D eigenvalue weighted by molar-refractivity contribution is 8.00. The van der Waals surface area contributed by atoms with Crippen LogP contribution in [0.4, 0.5) is 36.4 Å². The molecule has 14 heteroatoms. The second-order valence-corrected chi connectivity index (χ2v) is 14.7. The Balaban J connectivity index is 1.43. The number of nitrogens with zero attached hydrogens (tertiary/aromatic N) is 1. The van der Waals surface area contributed by atoms with Gasteiger partial charge in [0.1, 0.15) is 21.6 Å². The molecule has 1 heterocycles. The van der Waals surface area contributed by atoms with Crippen molar-refractivity contribution < 1.29 is 45.4 Å². The second kappa shape index (κ2) is 13.9. The van der Waals surface area contributed by atoms with Crippen molar-refractivity contribution in [2.45, 2.75) is 69.8 Å². The number of carboxylic acid groups (broad SMARTS) is 1. The minimum Gasteiger partial charge on any atom is -0.495 e. The molecule has 0 aliphatic heterocycles. The molecule has 1 aliphatic carbocycles. The SMILES string of the molecule is COc1cc(C(=O)O)c(F)cc1NSc1csc(-c2ccc(-c3ccc(C4CCC(C(C)(C)C)CC4)cc3C(F)(F)F)cc2C(F)(F)F)n1. The Labute approximate surface area is 287 Å². The Kier molecular flexibility index (Phi) is 10.3. The Morgan fingerprint density at radius 3 is 2.14 bits per heavy atom. The van der Waals surface area contributed by atoms with Gasteiger partial charge in [-0.15, -0.1) is 11.3 Å². The summed E-state index contributed by atoms with van der Waals surface area (Å²) in [6.45, 7) is 6.48. The molecule has 1 fully saturated rings. The van der Waals surface area contributed by atoms with Crippen LogP contribution in [0.25, 0.3) is 21.7 Å². The number of thiazole rings is 1. The third kappa shape index (κ3) is 8.17. The summed E-state index contributed by atoms with van der Waals surface area (Å²) in [5.74, 6) is -2.10.